The number of sulfone groups is 1. The second-order valence-corrected chi connectivity index (χ2v) is 9.41. The van der Waals surface area contributed by atoms with Crippen molar-refractivity contribution in [2.45, 2.75) is 29.4 Å². The SMILES string of the molecule is COc1ccc(C#C[C@H](CC(=O)C(F)(F)S(=O)(=O)c2ccccc2)c2ccc(C)cc2)cc1. The molecule has 0 aliphatic carbocycles. The van der Waals surface area contributed by atoms with E-state index < -0.39 is 38.1 Å². The van der Waals surface area contributed by atoms with Crippen LogP contribution in [0.15, 0.2) is 83.8 Å². The maximum atomic E-state index is 14.9. The average molecular weight is 469 g/mol. The monoisotopic (exact) mass is 468 g/mol. The molecule has 0 aromatic heterocycles. The van der Waals surface area contributed by atoms with Crippen LogP contribution in [-0.2, 0) is 14.6 Å². The fraction of sp³-hybridized carbons (Fsp3) is 0.192. The van der Waals surface area contributed by atoms with E-state index in [1.54, 1.807) is 48.5 Å². The number of rotatable bonds is 7. The summed E-state index contributed by atoms with van der Waals surface area (Å²) in [4.78, 5) is 12.0. The number of benzene rings is 3. The minimum absolute atomic E-state index is 0.544. The molecule has 1 atom stereocenters. The lowest BCUT2D eigenvalue weighted by molar-refractivity contribution is -0.133. The molecule has 3 aromatic rings. The Morgan fingerprint density at radius 1 is 0.970 bits per heavy atom. The largest absolute Gasteiger partial charge is 0.497 e. The number of carbonyl (C=O) groups excluding carboxylic acids is 1. The first-order valence-electron chi connectivity index (χ1n) is 10.1. The molecule has 0 unspecified atom stereocenters. The molecule has 0 spiro atoms. The highest BCUT2D eigenvalue weighted by Crippen LogP contribution is 2.33. The van der Waals surface area contributed by atoms with E-state index in [0.717, 1.165) is 17.7 Å². The summed E-state index contributed by atoms with van der Waals surface area (Å²) < 4.78 is 59.8. The molecule has 0 saturated carbocycles. The lowest BCUT2D eigenvalue weighted by Gasteiger charge is -2.18. The first-order chi connectivity index (χ1) is 15.6. The quantitative estimate of drug-likeness (QED) is 0.449. The highest BCUT2D eigenvalue weighted by molar-refractivity contribution is 7.93. The van der Waals surface area contributed by atoms with Gasteiger partial charge < -0.3 is 4.74 Å². The number of carbonyl (C=O) groups is 1. The fourth-order valence-electron chi connectivity index (χ4n) is 3.10. The van der Waals surface area contributed by atoms with Crippen LogP contribution in [0.2, 0.25) is 0 Å². The van der Waals surface area contributed by atoms with Gasteiger partial charge in [0.1, 0.15) is 5.75 Å². The minimum Gasteiger partial charge on any atom is -0.497 e. The molecule has 3 rings (SSSR count). The third-order valence-corrected chi connectivity index (χ3v) is 6.86. The first kappa shape index (κ1) is 24.1. The molecule has 3 aromatic carbocycles. The number of halogens is 2. The predicted octanol–water partition coefficient (Wildman–Crippen LogP) is 5.16. The van der Waals surface area contributed by atoms with E-state index in [1.165, 1.54) is 25.3 Å². The summed E-state index contributed by atoms with van der Waals surface area (Å²) in [6.07, 6.45) is -0.759. The highest BCUT2D eigenvalue weighted by atomic mass is 32.2. The van der Waals surface area contributed by atoms with Gasteiger partial charge in [0.25, 0.3) is 9.84 Å². The number of Topliss-reactive ketones (excluding diaryl/α,β-unsaturated/α-hetero) is 1. The van der Waals surface area contributed by atoms with Crippen molar-refractivity contribution >= 4 is 15.6 Å². The van der Waals surface area contributed by atoms with Gasteiger partial charge in [-0.15, -0.1) is 0 Å². The van der Waals surface area contributed by atoms with Gasteiger partial charge in [0.2, 0.25) is 5.78 Å². The molecule has 0 N–H and O–H groups in total. The molecule has 0 saturated heterocycles. The number of alkyl halides is 2. The summed E-state index contributed by atoms with van der Waals surface area (Å²) in [5.74, 6) is 3.76. The second-order valence-electron chi connectivity index (χ2n) is 7.42. The van der Waals surface area contributed by atoms with Crippen LogP contribution in [0, 0.1) is 18.8 Å². The minimum atomic E-state index is -5.19. The van der Waals surface area contributed by atoms with Gasteiger partial charge in [0.15, 0.2) is 0 Å². The van der Waals surface area contributed by atoms with Crippen molar-refractivity contribution in [3.05, 3.63) is 95.6 Å². The number of aryl methyl sites for hydroxylation is 1. The van der Waals surface area contributed by atoms with Gasteiger partial charge in [-0.1, -0.05) is 59.9 Å². The van der Waals surface area contributed by atoms with E-state index in [4.69, 9.17) is 4.74 Å². The first-order valence-corrected chi connectivity index (χ1v) is 11.6. The Labute approximate surface area is 192 Å². The van der Waals surface area contributed by atoms with Crippen molar-refractivity contribution in [1.29, 1.82) is 0 Å². The number of hydrogen-bond donors (Lipinski definition) is 0. The molecule has 0 bridgehead atoms. The summed E-state index contributed by atoms with van der Waals surface area (Å²) >= 11 is 0. The van der Waals surface area contributed by atoms with Crippen molar-refractivity contribution < 1.29 is 26.7 Å². The van der Waals surface area contributed by atoms with Gasteiger partial charge in [0, 0.05) is 12.0 Å². The number of methoxy groups -OCH3 is 1. The van der Waals surface area contributed by atoms with Crippen LogP contribution in [0.3, 0.4) is 0 Å². The van der Waals surface area contributed by atoms with E-state index >= 15 is 0 Å². The van der Waals surface area contributed by atoms with Gasteiger partial charge in [-0.05, 0) is 48.9 Å². The lowest BCUT2D eigenvalue weighted by Crippen LogP contribution is -2.38. The van der Waals surface area contributed by atoms with Crippen molar-refractivity contribution in [2.24, 2.45) is 0 Å². The Morgan fingerprint density at radius 3 is 2.15 bits per heavy atom. The molecule has 33 heavy (non-hydrogen) atoms. The summed E-state index contributed by atoms with van der Waals surface area (Å²) in [6, 6.07) is 20.0. The molecular formula is C26H22F2O4S. The van der Waals surface area contributed by atoms with Crippen LogP contribution in [0.25, 0.3) is 0 Å². The van der Waals surface area contributed by atoms with Crippen LogP contribution in [0.1, 0.15) is 29.0 Å². The molecule has 0 fully saturated rings. The van der Waals surface area contributed by atoms with E-state index in [2.05, 4.69) is 11.8 Å². The van der Waals surface area contributed by atoms with Crippen LogP contribution in [-0.4, -0.2) is 26.6 Å². The summed E-state index contributed by atoms with van der Waals surface area (Å²) in [6.45, 7) is 1.87. The Kier molecular flexibility index (Phi) is 7.29. The van der Waals surface area contributed by atoms with Gasteiger partial charge >= 0.3 is 5.25 Å². The van der Waals surface area contributed by atoms with Crippen LogP contribution in [0.4, 0.5) is 8.78 Å². The molecule has 0 amide bonds. The zero-order chi connectivity index (χ0) is 24.1. The fourth-order valence-corrected chi connectivity index (χ4v) is 4.29. The molecular weight excluding hydrogens is 446 g/mol. The number of hydrogen-bond acceptors (Lipinski definition) is 4. The molecule has 0 aliphatic rings. The average Bonchev–Trinajstić information content (AvgIpc) is 2.83. The molecule has 170 valence electrons. The maximum absolute atomic E-state index is 14.9. The zero-order valence-electron chi connectivity index (χ0n) is 18.1. The topological polar surface area (TPSA) is 60.4 Å². The van der Waals surface area contributed by atoms with Crippen molar-refractivity contribution in [2.75, 3.05) is 7.11 Å². The number of ketones is 1. The summed E-state index contributed by atoms with van der Waals surface area (Å²) in [7, 11) is -3.66. The van der Waals surface area contributed by atoms with Gasteiger partial charge in [-0.2, -0.15) is 8.78 Å². The smallest absolute Gasteiger partial charge is 0.406 e. The van der Waals surface area contributed by atoms with E-state index in [0.29, 0.717) is 16.9 Å². The van der Waals surface area contributed by atoms with Gasteiger partial charge in [0.05, 0.1) is 17.9 Å². The van der Waals surface area contributed by atoms with Gasteiger partial charge in [-0.3, -0.25) is 4.79 Å². The Morgan fingerprint density at radius 2 is 1.58 bits per heavy atom. The van der Waals surface area contributed by atoms with Crippen molar-refractivity contribution in [1.82, 2.24) is 0 Å². The molecule has 0 heterocycles. The molecule has 0 aliphatic heterocycles. The molecule has 0 radical (unpaired) electrons. The van der Waals surface area contributed by atoms with Gasteiger partial charge in [-0.25, -0.2) is 8.42 Å². The summed E-state index contributed by atoms with van der Waals surface area (Å²) in [5.41, 5.74) is 2.09. The Bertz CT molecular complexity index is 1270. The molecule has 7 heteroatoms. The lowest BCUT2D eigenvalue weighted by atomic mass is 9.93. The third-order valence-electron chi connectivity index (χ3n) is 5.07. The van der Waals surface area contributed by atoms with Crippen LogP contribution >= 0.6 is 0 Å². The normalized spacial score (nSPS) is 12.4. The standard InChI is InChI=1S/C26H22F2O4S/c1-19-8-13-21(14-9-19)22(15-10-20-11-16-23(32-2)17-12-20)18-25(29)26(27,28)33(30,31)24-6-4-3-5-7-24/h3-9,11-14,16-17,22H,18H2,1-2H3/t22-/m1/s1. The Hall–Kier alpha value is -3.50. The van der Waals surface area contributed by atoms with Crippen molar-refractivity contribution in [3.8, 4) is 17.6 Å². The van der Waals surface area contributed by atoms with E-state index in [9.17, 15) is 22.0 Å². The second kappa shape index (κ2) is 9.97. The Balaban J connectivity index is 1.93. The third kappa shape index (κ3) is 5.47. The van der Waals surface area contributed by atoms with Crippen LogP contribution < -0.4 is 4.74 Å². The highest BCUT2D eigenvalue weighted by Gasteiger charge is 2.53. The maximum Gasteiger partial charge on any atom is 0.406 e. The van der Waals surface area contributed by atoms with E-state index in [-0.39, 0.29) is 0 Å². The zero-order valence-corrected chi connectivity index (χ0v) is 18.9. The molecule has 4 nitrogen and oxygen atoms in total. The predicted molar refractivity (Wildman–Crippen MR) is 122 cm³/mol. The number of ether oxygens (including phenoxy) is 1. The summed E-state index contributed by atoms with van der Waals surface area (Å²) in [5, 5.41) is -4.58. The van der Waals surface area contributed by atoms with Crippen LogP contribution in [0.5, 0.6) is 5.75 Å². The van der Waals surface area contributed by atoms with Crippen molar-refractivity contribution in [3.63, 3.8) is 0 Å². The van der Waals surface area contributed by atoms with E-state index in [1.807, 2.05) is 6.92 Å².